The van der Waals surface area contributed by atoms with Crippen molar-refractivity contribution >= 4 is 27.3 Å². The molecule has 0 saturated heterocycles. The molecule has 0 aliphatic carbocycles. The number of carbonyl (C=O) groups excluding carboxylic acids is 1. The molecule has 0 aliphatic rings. The first-order valence-corrected chi connectivity index (χ1v) is 12.5. The molecule has 180 valence electrons. The van der Waals surface area contributed by atoms with Gasteiger partial charge in [0, 0.05) is 11.3 Å². The van der Waals surface area contributed by atoms with Gasteiger partial charge in [-0.3, -0.25) is 9.52 Å². The third-order valence-electron chi connectivity index (χ3n) is 5.32. The molecule has 0 aliphatic heterocycles. The Labute approximate surface area is 201 Å². The van der Waals surface area contributed by atoms with Gasteiger partial charge in [0.15, 0.2) is 11.5 Å². The number of hydrogen-bond donors (Lipinski definition) is 2. The van der Waals surface area contributed by atoms with Gasteiger partial charge in [-0.15, -0.1) is 0 Å². The quantitative estimate of drug-likeness (QED) is 0.370. The molecular formula is C26H30N2O5S. The number of rotatable bonds is 10. The first-order chi connectivity index (χ1) is 16.2. The minimum Gasteiger partial charge on any atom is -0.493 e. The molecule has 34 heavy (non-hydrogen) atoms. The van der Waals surface area contributed by atoms with Gasteiger partial charge in [0.25, 0.3) is 15.9 Å². The lowest BCUT2D eigenvalue weighted by Gasteiger charge is -2.14. The zero-order valence-electron chi connectivity index (χ0n) is 19.8. The minimum atomic E-state index is -3.77. The minimum absolute atomic E-state index is 0.100. The number of anilines is 2. The van der Waals surface area contributed by atoms with Crippen molar-refractivity contribution < 1.29 is 22.7 Å². The summed E-state index contributed by atoms with van der Waals surface area (Å²) in [5.74, 6) is 0.712. The van der Waals surface area contributed by atoms with Crippen LogP contribution in [0.25, 0.3) is 0 Å². The first kappa shape index (κ1) is 25.1. The van der Waals surface area contributed by atoms with Crippen LogP contribution >= 0.6 is 0 Å². The Morgan fingerprint density at radius 3 is 2.24 bits per heavy atom. The average molecular weight is 483 g/mol. The number of hydrogen-bond acceptors (Lipinski definition) is 5. The van der Waals surface area contributed by atoms with Crippen molar-refractivity contribution in [3.8, 4) is 11.5 Å². The predicted octanol–water partition coefficient (Wildman–Crippen LogP) is 5.54. The maximum atomic E-state index is 12.8. The molecule has 0 aromatic heterocycles. The van der Waals surface area contributed by atoms with E-state index in [1.54, 1.807) is 30.3 Å². The number of carbonyl (C=O) groups is 1. The normalized spacial score (nSPS) is 11.1. The molecule has 2 N–H and O–H groups in total. The van der Waals surface area contributed by atoms with Crippen LogP contribution in [0.3, 0.4) is 0 Å². The molecule has 8 heteroatoms. The summed E-state index contributed by atoms with van der Waals surface area (Å²) in [5, 5.41) is 2.78. The Balaban J connectivity index is 1.71. The highest BCUT2D eigenvalue weighted by Gasteiger charge is 2.17. The van der Waals surface area contributed by atoms with E-state index in [0.29, 0.717) is 35.0 Å². The standard InChI is InChI=1S/C26H30N2O5S/c1-5-6-16-33-23-15-10-20(17-24(23)32-4)26(29)27-21-11-13-22(14-12-21)34(30,31)28-25-18(2)8-7-9-19(25)3/h7-15,17,28H,5-6,16H2,1-4H3,(H,27,29). The molecule has 0 radical (unpaired) electrons. The summed E-state index contributed by atoms with van der Waals surface area (Å²) in [6.45, 7) is 6.36. The van der Waals surface area contributed by atoms with E-state index < -0.39 is 10.0 Å². The molecule has 3 aromatic carbocycles. The van der Waals surface area contributed by atoms with Crippen molar-refractivity contribution in [2.75, 3.05) is 23.8 Å². The maximum Gasteiger partial charge on any atom is 0.261 e. The zero-order valence-corrected chi connectivity index (χ0v) is 20.7. The Kier molecular flexibility index (Phi) is 8.17. The molecule has 0 spiro atoms. The van der Waals surface area contributed by atoms with Gasteiger partial charge in [-0.25, -0.2) is 8.42 Å². The largest absolute Gasteiger partial charge is 0.493 e. The van der Waals surface area contributed by atoms with Gasteiger partial charge in [-0.05, 0) is 73.9 Å². The number of unbranched alkanes of at least 4 members (excludes halogenated alkanes) is 1. The van der Waals surface area contributed by atoms with E-state index in [0.717, 1.165) is 24.0 Å². The lowest BCUT2D eigenvalue weighted by atomic mass is 10.1. The number of amides is 1. The van der Waals surface area contributed by atoms with Crippen molar-refractivity contribution in [1.82, 2.24) is 0 Å². The van der Waals surface area contributed by atoms with Crippen molar-refractivity contribution in [3.05, 3.63) is 77.4 Å². The van der Waals surface area contributed by atoms with Gasteiger partial charge < -0.3 is 14.8 Å². The fraction of sp³-hybridized carbons (Fsp3) is 0.269. The fourth-order valence-electron chi connectivity index (χ4n) is 3.34. The summed E-state index contributed by atoms with van der Waals surface area (Å²) in [7, 11) is -2.25. The van der Waals surface area contributed by atoms with Crippen LogP contribution in [0.5, 0.6) is 11.5 Å². The number of benzene rings is 3. The number of ether oxygens (including phenoxy) is 2. The van der Waals surface area contributed by atoms with Crippen molar-refractivity contribution in [3.63, 3.8) is 0 Å². The average Bonchev–Trinajstić information content (AvgIpc) is 2.82. The van der Waals surface area contributed by atoms with E-state index in [2.05, 4.69) is 17.0 Å². The molecule has 0 fully saturated rings. The van der Waals surface area contributed by atoms with E-state index in [1.807, 2.05) is 32.0 Å². The summed E-state index contributed by atoms with van der Waals surface area (Å²) >= 11 is 0. The van der Waals surface area contributed by atoms with E-state index in [9.17, 15) is 13.2 Å². The van der Waals surface area contributed by atoms with Crippen LogP contribution in [0.4, 0.5) is 11.4 Å². The van der Waals surface area contributed by atoms with Crippen molar-refractivity contribution in [1.29, 1.82) is 0 Å². The van der Waals surface area contributed by atoms with Gasteiger partial charge in [0.2, 0.25) is 0 Å². The molecule has 7 nitrogen and oxygen atoms in total. The molecule has 3 rings (SSSR count). The second kappa shape index (κ2) is 11.1. The predicted molar refractivity (Wildman–Crippen MR) is 135 cm³/mol. The molecule has 1 amide bonds. The van der Waals surface area contributed by atoms with Crippen LogP contribution in [0.1, 0.15) is 41.3 Å². The SMILES string of the molecule is CCCCOc1ccc(C(=O)Nc2ccc(S(=O)(=O)Nc3c(C)cccc3C)cc2)cc1OC. The molecule has 0 heterocycles. The van der Waals surface area contributed by atoms with Gasteiger partial charge >= 0.3 is 0 Å². The van der Waals surface area contributed by atoms with Gasteiger partial charge in [-0.1, -0.05) is 31.5 Å². The van der Waals surface area contributed by atoms with E-state index in [1.165, 1.54) is 19.2 Å². The van der Waals surface area contributed by atoms with Crippen LogP contribution in [0.15, 0.2) is 65.6 Å². The molecular weight excluding hydrogens is 452 g/mol. The van der Waals surface area contributed by atoms with Crippen LogP contribution < -0.4 is 19.5 Å². The van der Waals surface area contributed by atoms with Gasteiger partial charge in [0.1, 0.15) is 0 Å². The molecule has 0 saturated carbocycles. The van der Waals surface area contributed by atoms with Crippen LogP contribution in [-0.2, 0) is 10.0 Å². The molecule has 3 aromatic rings. The number of methoxy groups -OCH3 is 1. The highest BCUT2D eigenvalue weighted by molar-refractivity contribution is 7.92. The second-order valence-electron chi connectivity index (χ2n) is 7.92. The summed E-state index contributed by atoms with van der Waals surface area (Å²) in [6, 6.07) is 16.6. The van der Waals surface area contributed by atoms with Crippen molar-refractivity contribution in [2.24, 2.45) is 0 Å². The number of aryl methyl sites for hydroxylation is 2. The summed E-state index contributed by atoms with van der Waals surface area (Å²) in [4.78, 5) is 12.8. The van der Waals surface area contributed by atoms with Gasteiger partial charge in [0.05, 0.1) is 24.3 Å². The first-order valence-electron chi connectivity index (χ1n) is 11.1. The molecule has 0 unspecified atom stereocenters. The van der Waals surface area contributed by atoms with Crippen LogP contribution in [-0.4, -0.2) is 28.0 Å². The van der Waals surface area contributed by atoms with Gasteiger partial charge in [-0.2, -0.15) is 0 Å². The second-order valence-corrected chi connectivity index (χ2v) is 9.60. The Hall–Kier alpha value is -3.52. The lowest BCUT2D eigenvalue weighted by molar-refractivity contribution is 0.102. The van der Waals surface area contributed by atoms with E-state index in [4.69, 9.17) is 9.47 Å². The van der Waals surface area contributed by atoms with Crippen molar-refractivity contribution in [2.45, 2.75) is 38.5 Å². The summed E-state index contributed by atoms with van der Waals surface area (Å²) in [6.07, 6.45) is 1.95. The monoisotopic (exact) mass is 482 g/mol. The van der Waals surface area contributed by atoms with E-state index in [-0.39, 0.29) is 10.8 Å². The van der Waals surface area contributed by atoms with Crippen LogP contribution in [0, 0.1) is 13.8 Å². The smallest absolute Gasteiger partial charge is 0.261 e. The summed E-state index contributed by atoms with van der Waals surface area (Å²) in [5.41, 5.74) is 3.11. The highest BCUT2D eigenvalue weighted by atomic mass is 32.2. The van der Waals surface area contributed by atoms with E-state index >= 15 is 0 Å². The Bertz CT molecular complexity index is 1230. The molecule has 0 bridgehead atoms. The zero-order chi connectivity index (χ0) is 24.7. The summed E-state index contributed by atoms with van der Waals surface area (Å²) < 4.78 is 39.4. The third-order valence-corrected chi connectivity index (χ3v) is 6.69. The highest BCUT2D eigenvalue weighted by Crippen LogP contribution is 2.29. The molecule has 0 atom stereocenters. The van der Waals surface area contributed by atoms with Crippen LogP contribution in [0.2, 0.25) is 0 Å². The number of para-hydroxylation sites is 1. The number of sulfonamides is 1. The fourth-order valence-corrected chi connectivity index (χ4v) is 4.55. The number of nitrogens with one attached hydrogen (secondary N) is 2. The lowest BCUT2D eigenvalue weighted by Crippen LogP contribution is -2.15. The third kappa shape index (κ3) is 6.08. The topological polar surface area (TPSA) is 93.7 Å². The Morgan fingerprint density at radius 1 is 0.941 bits per heavy atom. The maximum absolute atomic E-state index is 12.8. The Morgan fingerprint density at radius 2 is 1.62 bits per heavy atom.